The maximum atomic E-state index is 13.2. The van der Waals surface area contributed by atoms with Gasteiger partial charge in [0.05, 0.1) is 31.9 Å². The Hall–Kier alpha value is -2.41. The number of ether oxygens (including phenoxy) is 3. The van der Waals surface area contributed by atoms with Gasteiger partial charge < -0.3 is 14.2 Å². The summed E-state index contributed by atoms with van der Waals surface area (Å²) in [7, 11) is 0.984. The Morgan fingerprint density at radius 3 is 2.20 bits per heavy atom. The van der Waals surface area contributed by atoms with Crippen LogP contribution in [0.3, 0.4) is 0 Å². The average molecular weight is 363 g/mol. The van der Waals surface area contributed by atoms with Crippen LogP contribution >= 0.6 is 0 Å². The summed E-state index contributed by atoms with van der Waals surface area (Å²) in [6.07, 6.45) is 1.49. The summed E-state index contributed by atoms with van der Waals surface area (Å²) < 4.78 is 43.6. The topological polar surface area (TPSA) is 65.1 Å². The summed E-state index contributed by atoms with van der Waals surface area (Å²) in [6, 6.07) is 9.92. The van der Waals surface area contributed by atoms with Crippen molar-refractivity contribution >= 4 is 15.7 Å². The zero-order chi connectivity index (χ0) is 18.0. The van der Waals surface area contributed by atoms with Crippen LogP contribution in [0.25, 0.3) is 0 Å². The second-order valence-electron chi connectivity index (χ2n) is 5.68. The van der Waals surface area contributed by atoms with Crippen LogP contribution in [0.4, 0.5) is 5.69 Å². The van der Waals surface area contributed by atoms with Crippen LogP contribution in [0.2, 0.25) is 0 Å². The minimum Gasteiger partial charge on any atom is -0.497 e. The first-order chi connectivity index (χ1) is 12.0. The number of hydrogen-bond acceptors (Lipinski definition) is 5. The fraction of sp³-hybridized carbons (Fsp3) is 0.333. The quantitative estimate of drug-likeness (QED) is 0.817. The van der Waals surface area contributed by atoms with Gasteiger partial charge in [0.15, 0.2) is 0 Å². The van der Waals surface area contributed by atoms with E-state index in [0.29, 0.717) is 29.5 Å². The lowest BCUT2D eigenvalue weighted by molar-refractivity contribution is 0.390. The minimum atomic E-state index is -3.68. The molecule has 3 rings (SSSR count). The SMILES string of the molecule is COc1ccc(S(=O)(=O)N2CCCc3c(OC)cc(OC)cc32)cc1. The highest BCUT2D eigenvalue weighted by Crippen LogP contribution is 2.40. The molecule has 1 aliphatic heterocycles. The second kappa shape index (κ2) is 6.84. The first kappa shape index (κ1) is 17.4. The molecule has 0 spiro atoms. The van der Waals surface area contributed by atoms with Crippen molar-refractivity contribution < 1.29 is 22.6 Å². The van der Waals surface area contributed by atoms with Crippen LogP contribution in [0.15, 0.2) is 41.3 Å². The van der Waals surface area contributed by atoms with Crippen LogP contribution in [-0.2, 0) is 16.4 Å². The van der Waals surface area contributed by atoms with E-state index in [9.17, 15) is 8.42 Å². The molecule has 6 nitrogen and oxygen atoms in total. The molecular formula is C18H21NO5S. The molecule has 0 saturated heterocycles. The standard InChI is InChI=1S/C18H21NO5S/c1-22-13-6-8-15(9-7-13)25(20,21)19-10-4-5-16-17(19)11-14(23-2)12-18(16)24-3/h6-9,11-12H,4-5,10H2,1-3H3. The fourth-order valence-electron chi connectivity index (χ4n) is 3.02. The molecule has 0 unspecified atom stereocenters. The van der Waals surface area contributed by atoms with Gasteiger partial charge in [-0.05, 0) is 37.1 Å². The third kappa shape index (κ3) is 3.11. The summed E-state index contributed by atoms with van der Waals surface area (Å²) in [6.45, 7) is 0.414. The molecule has 25 heavy (non-hydrogen) atoms. The van der Waals surface area contributed by atoms with Gasteiger partial charge in [-0.3, -0.25) is 4.31 Å². The van der Waals surface area contributed by atoms with Crippen LogP contribution in [0.1, 0.15) is 12.0 Å². The van der Waals surface area contributed by atoms with Crippen LogP contribution in [0.5, 0.6) is 17.2 Å². The van der Waals surface area contributed by atoms with Gasteiger partial charge in [0.1, 0.15) is 17.2 Å². The zero-order valence-corrected chi connectivity index (χ0v) is 15.3. The third-order valence-corrected chi connectivity index (χ3v) is 6.15. The fourth-order valence-corrected chi connectivity index (χ4v) is 4.55. The zero-order valence-electron chi connectivity index (χ0n) is 14.5. The van der Waals surface area contributed by atoms with Gasteiger partial charge >= 0.3 is 0 Å². The van der Waals surface area contributed by atoms with E-state index < -0.39 is 10.0 Å². The van der Waals surface area contributed by atoms with Crippen molar-refractivity contribution in [3.8, 4) is 17.2 Å². The molecule has 0 N–H and O–H groups in total. The Bertz CT molecular complexity index is 862. The number of benzene rings is 2. The normalized spacial score (nSPS) is 14.0. The van der Waals surface area contributed by atoms with E-state index in [1.165, 1.54) is 4.31 Å². The van der Waals surface area contributed by atoms with Gasteiger partial charge in [-0.25, -0.2) is 8.42 Å². The van der Waals surface area contributed by atoms with E-state index in [-0.39, 0.29) is 4.90 Å². The van der Waals surface area contributed by atoms with Crippen molar-refractivity contribution in [2.24, 2.45) is 0 Å². The molecule has 0 aromatic heterocycles. The largest absolute Gasteiger partial charge is 0.497 e. The Kier molecular flexibility index (Phi) is 4.76. The van der Waals surface area contributed by atoms with E-state index >= 15 is 0 Å². The molecule has 2 aromatic rings. The molecule has 1 aliphatic rings. The lowest BCUT2D eigenvalue weighted by Gasteiger charge is -2.31. The minimum absolute atomic E-state index is 0.225. The lowest BCUT2D eigenvalue weighted by atomic mass is 10.0. The van der Waals surface area contributed by atoms with Gasteiger partial charge in [0.25, 0.3) is 10.0 Å². The number of anilines is 1. The van der Waals surface area contributed by atoms with Gasteiger partial charge in [-0.15, -0.1) is 0 Å². The molecule has 0 radical (unpaired) electrons. The molecule has 0 bridgehead atoms. The highest BCUT2D eigenvalue weighted by atomic mass is 32.2. The van der Waals surface area contributed by atoms with Crippen LogP contribution in [0, 0.1) is 0 Å². The van der Waals surface area contributed by atoms with Gasteiger partial charge in [-0.2, -0.15) is 0 Å². The van der Waals surface area contributed by atoms with E-state index in [0.717, 1.165) is 18.4 Å². The second-order valence-corrected chi connectivity index (χ2v) is 7.55. The van der Waals surface area contributed by atoms with Gasteiger partial charge in [0.2, 0.25) is 0 Å². The number of sulfonamides is 1. The molecular weight excluding hydrogens is 342 g/mol. The summed E-state index contributed by atoms with van der Waals surface area (Å²) in [4.78, 5) is 0.225. The Morgan fingerprint density at radius 2 is 1.60 bits per heavy atom. The maximum Gasteiger partial charge on any atom is 0.264 e. The number of hydrogen-bond donors (Lipinski definition) is 0. The summed E-state index contributed by atoms with van der Waals surface area (Å²) >= 11 is 0. The molecule has 7 heteroatoms. The van der Waals surface area contributed by atoms with Crippen LogP contribution in [-0.4, -0.2) is 36.3 Å². The molecule has 0 aliphatic carbocycles. The van der Waals surface area contributed by atoms with Crippen molar-refractivity contribution in [1.82, 2.24) is 0 Å². The highest BCUT2D eigenvalue weighted by Gasteiger charge is 2.31. The third-order valence-electron chi connectivity index (χ3n) is 4.32. The number of fused-ring (bicyclic) bond motifs is 1. The van der Waals surface area contributed by atoms with E-state index in [1.54, 1.807) is 57.7 Å². The first-order valence-corrected chi connectivity index (χ1v) is 9.37. The van der Waals surface area contributed by atoms with Crippen molar-refractivity contribution in [3.63, 3.8) is 0 Å². The Morgan fingerprint density at radius 1 is 0.920 bits per heavy atom. The van der Waals surface area contributed by atoms with Crippen molar-refractivity contribution in [3.05, 3.63) is 42.0 Å². The summed E-state index contributed by atoms with van der Waals surface area (Å²) in [5, 5.41) is 0. The monoisotopic (exact) mass is 363 g/mol. The van der Waals surface area contributed by atoms with Gasteiger partial charge in [0, 0.05) is 24.2 Å². The molecule has 2 aromatic carbocycles. The van der Waals surface area contributed by atoms with Crippen molar-refractivity contribution in [1.29, 1.82) is 0 Å². The lowest BCUT2D eigenvalue weighted by Crippen LogP contribution is -2.35. The van der Waals surface area contributed by atoms with E-state index in [4.69, 9.17) is 14.2 Å². The number of methoxy groups -OCH3 is 3. The molecule has 0 atom stereocenters. The molecule has 0 fully saturated rings. The van der Waals surface area contributed by atoms with E-state index in [1.807, 2.05) is 0 Å². The highest BCUT2D eigenvalue weighted by molar-refractivity contribution is 7.92. The van der Waals surface area contributed by atoms with E-state index in [2.05, 4.69) is 0 Å². The molecule has 134 valence electrons. The van der Waals surface area contributed by atoms with Crippen LogP contribution < -0.4 is 18.5 Å². The average Bonchev–Trinajstić information content (AvgIpc) is 2.66. The Balaban J connectivity index is 2.10. The molecule has 0 saturated carbocycles. The molecule has 0 amide bonds. The van der Waals surface area contributed by atoms with Crippen molar-refractivity contribution in [2.45, 2.75) is 17.7 Å². The Labute approximate surface area is 148 Å². The first-order valence-electron chi connectivity index (χ1n) is 7.93. The maximum absolute atomic E-state index is 13.2. The molecule has 1 heterocycles. The predicted molar refractivity (Wildman–Crippen MR) is 95.4 cm³/mol. The summed E-state index contributed by atoms with van der Waals surface area (Å²) in [5.74, 6) is 1.82. The smallest absolute Gasteiger partial charge is 0.264 e. The van der Waals surface area contributed by atoms with Gasteiger partial charge in [-0.1, -0.05) is 0 Å². The predicted octanol–water partition coefficient (Wildman–Crippen LogP) is 2.85. The number of nitrogens with zero attached hydrogens (tertiary/aromatic N) is 1. The van der Waals surface area contributed by atoms with Crippen molar-refractivity contribution in [2.75, 3.05) is 32.2 Å². The number of rotatable bonds is 5. The summed E-state index contributed by atoms with van der Waals surface area (Å²) in [5.41, 5.74) is 1.49.